The van der Waals surface area contributed by atoms with Crippen molar-refractivity contribution in [2.75, 3.05) is 0 Å². The minimum atomic E-state index is -4.82. The number of nitrogens with zero attached hydrogens (tertiary/aromatic N) is 8. The largest absolute Gasteiger partial charge is 1.00 e. The summed E-state index contributed by atoms with van der Waals surface area (Å²) in [7, 11) is -4.82. The molecule has 3 aromatic carbocycles. The first kappa shape index (κ1) is 40.8. The second-order valence-corrected chi connectivity index (χ2v) is 11.4. The Bertz CT molecular complexity index is 2140. The van der Waals surface area contributed by atoms with Crippen molar-refractivity contribution < 1.29 is 85.2 Å². The van der Waals surface area contributed by atoms with Crippen LogP contribution in [0.2, 0.25) is 5.02 Å². The molecule has 0 amide bonds. The van der Waals surface area contributed by atoms with E-state index >= 15 is 0 Å². The molecule has 6 N–H and O–H groups in total. The molecular weight excluding hydrogens is 737 g/mol. The van der Waals surface area contributed by atoms with Crippen LogP contribution in [0.3, 0.4) is 0 Å². The second kappa shape index (κ2) is 16.8. The minimum Gasteiger partial charge on any atom is -0.506 e. The van der Waals surface area contributed by atoms with E-state index in [1.54, 1.807) is 19.1 Å². The van der Waals surface area contributed by atoms with Gasteiger partial charge in [-0.25, -0.2) is 5.10 Å². The van der Waals surface area contributed by atoms with Gasteiger partial charge < -0.3 is 20.4 Å². The van der Waals surface area contributed by atoms with Crippen LogP contribution in [-0.2, 0) is 27.5 Å². The topological polar surface area (TPSA) is 274 Å². The van der Waals surface area contributed by atoms with E-state index in [-0.39, 0.29) is 87.2 Å². The average Bonchev–Trinajstić information content (AvgIpc) is 3.48. The standard InChI is InChI=1S/C17H15N5O7S.C10H9ClN4O2.Cr.Na/c1-9-3-5-11(6-4-9)21-17(24)15(10(2)20-21)19-18-13-7-12(30(27,28)29)8-14(16(13)23)22(25)26;1-5-9(10(17)15-12-5)14-13-7-4-6(11)2-3-8(7)16;;/h3-8,23-24H,1-2H3,(H,27,28,29);2-4,16H,1H3,(H2,12,15,17);;/q;;;+1. The maximum atomic E-state index is 11.4. The van der Waals surface area contributed by atoms with Gasteiger partial charge in [-0.2, -0.15) is 23.3 Å². The Morgan fingerprint density at radius 3 is 2.06 bits per heavy atom. The van der Waals surface area contributed by atoms with E-state index in [1.165, 1.54) is 29.8 Å². The molecule has 0 saturated heterocycles. The van der Waals surface area contributed by atoms with Crippen LogP contribution in [0.25, 0.3) is 5.69 Å². The Hall–Kier alpha value is -4.39. The van der Waals surface area contributed by atoms with Crippen LogP contribution < -0.4 is 29.6 Å². The van der Waals surface area contributed by atoms with Crippen LogP contribution in [0, 0.1) is 30.9 Å². The van der Waals surface area contributed by atoms with Gasteiger partial charge in [-0.3, -0.25) is 14.7 Å². The van der Waals surface area contributed by atoms with Gasteiger partial charge in [-0.1, -0.05) is 29.3 Å². The van der Waals surface area contributed by atoms with Crippen LogP contribution in [0.5, 0.6) is 23.3 Å². The zero-order chi connectivity index (χ0) is 34.6. The van der Waals surface area contributed by atoms with Crippen molar-refractivity contribution in [2.45, 2.75) is 25.7 Å². The van der Waals surface area contributed by atoms with Crippen LogP contribution in [-0.4, -0.2) is 58.3 Å². The molecule has 22 heteroatoms. The molecule has 2 aromatic heterocycles. The number of aromatic nitrogens is 4. The second-order valence-electron chi connectivity index (χ2n) is 9.59. The van der Waals surface area contributed by atoms with Crippen molar-refractivity contribution in [2.24, 2.45) is 20.5 Å². The maximum absolute atomic E-state index is 11.4. The van der Waals surface area contributed by atoms with E-state index in [0.29, 0.717) is 28.5 Å². The van der Waals surface area contributed by atoms with Crippen molar-refractivity contribution in [3.8, 4) is 28.9 Å². The molecule has 250 valence electrons. The maximum Gasteiger partial charge on any atom is 1.00 e. The number of aromatic hydroxyl groups is 4. The SMILES string of the molecule is Cc1ccc(-n2nc(C)c(N=Nc3cc(S(=O)(=O)O)cc([N+](=O)[O-])c3O)c2O)cc1.Cc1n[nH]c(O)c1N=Nc1cc(Cl)ccc1O.[Cr].[Na+]. The molecule has 5 rings (SSSR count). The van der Waals surface area contributed by atoms with Gasteiger partial charge in [0.25, 0.3) is 10.1 Å². The van der Waals surface area contributed by atoms with E-state index in [0.717, 1.165) is 5.56 Å². The van der Waals surface area contributed by atoms with Gasteiger partial charge >= 0.3 is 35.2 Å². The van der Waals surface area contributed by atoms with Crippen molar-refractivity contribution >= 4 is 50.2 Å². The average molecular weight is 761 g/mol. The molecule has 0 spiro atoms. The summed E-state index contributed by atoms with van der Waals surface area (Å²) in [6, 6.07) is 12.7. The molecule has 0 aliphatic heterocycles. The van der Waals surface area contributed by atoms with Crippen molar-refractivity contribution in [1.29, 1.82) is 0 Å². The third-order valence-electron chi connectivity index (χ3n) is 6.17. The van der Waals surface area contributed by atoms with Crippen LogP contribution in [0.4, 0.5) is 28.4 Å². The quantitative estimate of drug-likeness (QED) is 0.0458. The number of H-pyrrole nitrogens is 1. The Morgan fingerprint density at radius 2 is 1.49 bits per heavy atom. The summed E-state index contributed by atoms with van der Waals surface area (Å²) in [6.07, 6.45) is 0. The Balaban J connectivity index is 0.000000374. The first-order valence-corrected chi connectivity index (χ1v) is 14.8. The van der Waals surface area contributed by atoms with Crippen molar-refractivity contribution in [1.82, 2.24) is 20.0 Å². The number of benzene rings is 3. The zero-order valence-electron chi connectivity index (χ0n) is 25.8. The van der Waals surface area contributed by atoms with E-state index < -0.39 is 37.1 Å². The number of rotatable bonds is 7. The summed E-state index contributed by atoms with van der Waals surface area (Å²) >= 11 is 5.76. The van der Waals surface area contributed by atoms with E-state index in [4.69, 9.17) is 11.6 Å². The molecule has 0 aliphatic rings. The summed E-state index contributed by atoms with van der Waals surface area (Å²) in [5.74, 6) is -1.56. The van der Waals surface area contributed by atoms with Crippen LogP contribution >= 0.6 is 11.6 Å². The van der Waals surface area contributed by atoms with E-state index in [1.807, 2.05) is 19.1 Å². The van der Waals surface area contributed by atoms with Crippen LogP contribution in [0.1, 0.15) is 17.0 Å². The third-order valence-corrected chi connectivity index (χ3v) is 7.24. The third kappa shape index (κ3) is 9.84. The summed E-state index contributed by atoms with van der Waals surface area (Å²) in [5, 5.41) is 76.1. The van der Waals surface area contributed by atoms with Crippen molar-refractivity contribution in [3.05, 3.63) is 86.7 Å². The molecule has 0 radical (unpaired) electrons. The van der Waals surface area contributed by atoms with Gasteiger partial charge in [0.2, 0.25) is 17.5 Å². The molecule has 49 heavy (non-hydrogen) atoms. The Labute approximate surface area is 315 Å². The molecule has 0 aliphatic carbocycles. The van der Waals surface area contributed by atoms with Gasteiger partial charge in [0.15, 0.2) is 11.4 Å². The predicted octanol–water partition coefficient (Wildman–Crippen LogP) is 3.67. The molecule has 0 unspecified atom stereocenters. The molecule has 5 aromatic rings. The molecule has 18 nitrogen and oxygen atoms in total. The number of nitro benzene ring substituents is 1. The molecule has 0 fully saturated rings. The Morgan fingerprint density at radius 1 is 0.878 bits per heavy atom. The van der Waals surface area contributed by atoms with Gasteiger partial charge in [0.05, 0.1) is 22.0 Å². The fraction of sp³-hybridized carbons (Fsp3) is 0.111. The fourth-order valence-electron chi connectivity index (χ4n) is 3.75. The molecule has 0 bridgehead atoms. The summed E-state index contributed by atoms with van der Waals surface area (Å²) < 4.78 is 33.1. The van der Waals surface area contributed by atoms with Gasteiger partial charge in [0.1, 0.15) is 22.0 Å². The first-order chi connectivity index (χ1) is 22.1. The monoisotopic (exact) mass is 760 g/mol. The van der Waals surface area contributed by atoms with Gasteiger partial charge in [0, 0.05) is 28.5 Å². The number of halogens is 1. The molecular formula is C27H24ClCrN9NaO9S+. The van der Waals surface area contributed by atoms with E-state index in [9.17, 15) is 43.5 Å². The molecule has 0 atom stereocenters. The zero-order valence-corrected chi connectivity index (χ0v) is 30.7. The number of phenols is 2. The number of aromatic amines is 1. The number of azo groups is 2. The number of nitro groups is 1. The summed E-state index contributed by atoms with van der Waals surface area (Å²) in [6.45, 7) is 5.09. The number of nitrogens with one attached hydrogen (secondary N) is 1. The number of aryl methyl sites for hydroxylation is 3. The predicted molar refractivity (Wildman–Crippen MR) is 166 cm³/mol. The smallest absolute Gasteiger partial charge is 0.506 e. The number of phenolic OH excluding ortho intramolecular Hbond substituents is 2. The van der Waals surface area contributed by atoms with E-state index in [2.05, 4.69) is 35.8 Å². The first-order valence-electron chi connectivity index (χ1n) is 13.0. The van der Waals surface area contributed by atoms with Gasteiger partial charge in [-0.15, -0.1) is 20.5 Å². The van der Waals surface area contributed by atoms with Crippen molar-refractivity contribution in [3.63, 3.8) is 0 Å². The fourth-order valence-corrected chi connectivity index (χ4v) is 4.44. The summed E-state index contributed by atoms with van der Waals surface area (Å²) in [5.41, 5.74) is 1.04. The summed E-state index contributed by atoms with van der Waals surface area (Å²) in [4.78, 5) is 9.17. The minimum absolute atomic E-state index is 0. The molecule has 0 saturated carbocycles. The number of hydrogen-bond donors (Lipinski definition) is 6. The molecule has 2 heterocycles. The normalized spacial score (nSPS) is 11.1. The Kier molecular flexibility index (Phi) is 14.0. The van der Waals surface area contributed by atoms with Crippen LogP contribution in [0.15, 0.2) is 79.9 Å². The number of hydrogen-bond acceptors (Lipinski definition) is 14. The van der Waals surface area contributed by atoms with Gasteiger partial charge in [-0.05, 0) is 57.2 Å².